The summed E-state index contributed by atoms with van der Waals surface area (Å²) >= 11 is 0. The van der Waals surface area contributed by atoms with Gasteiger partial charge in [0.2, 0.25) is 0 Å². The summed E-state index contributed by atoms with van der Waals surface area (Å²) in [5, 5.41) is 9.97. The summed E-state index contributed by atoms with van der Waals surface area (Å²) in [7, 11) is 4.94. The lowest BCUT2D eigenvalue weighted by molar-refractivity contribution is 0.103. The first-order valence-electron chi connectivity index (χ1n) is 7.39. The van der Waals surface area contributed by atoms with Gasteiger partial charge in [-0.1, -0.05) is 0 Å². The van der Waals surface area contributed by atoms with Crippen molar-refractivity contribution in [2.75, 3.05) is 13.6 Å². The van der Waals surface area contributed by atoms with Gasteiger partial charge >= 0.3 is 5.69 Å². The van der Waals surface area contributed by atoms with E-state index < -0.39 is 5.69 Å². The topological polar surface area (TPSA) is 96.2 Å². The van der Waals surface area contributed by atoms with E-state index in [-0.39, 0.29) is 11.7 Å². The molecule has 1 atom stereocenters. The Morgan fingerprint density at radius 1 is 1.36 bits per heavy atom. The fraction of sp³-hybridized carbons (Fsp3) is 0.643. The van der Waals surface area contributed by atoms with E-state index in [9.17, 15) is 14.7 Å². The summed E-state index contributed by atoms with van der Waals surface area (Å²) in [6, 6.07) is 0. The molecular weight excluding hydrogens is 286 g/mol. The number of aliphatic hydroxyl groups is 1. The van der Waals surface area contributed by atoms with Gasteiger partial charge < -0.3 is 10.1 Å². The van der Waals surface area contributed by atoms with E-state index in [0.29, 0.717) is 36.0 Å². The molecule has 2 N–H and O–H groups in total. The standard InChI is InChI=1S/C14H21N5O3/c1-17(6-9(20)8-4-5-8)7-10-15-11-12(16-10)18(2)14(22)19(3)13(11)21/h8-9,20H,4-7H2,1-3H3,(H,15,16)/t9-/m0/s1. The van der Waals surface area contributed by atoms with Gasteiger partial charge in [-0.15, -0.1) is 0 Å². The smallest absolute Gasteiger partial charge is 0.332 e. The third kappa shape index (κ3) is 2.59. The van der Waals surface area contributed by atoms with Crippen molar-refractivity contribution in [1.82, 2.24) is 24.0 Å². The van der Waals surface area contributed by atoms with Crippen LogP contribution in [-0.4, -0.2) is 48.8 Å². The number of aromatic nitrogens is 4. The van der Waals surface area contributed by atoms with Crippen LogP contribution in [0.1, 0.15) is 18.7 Å². The second-order valence-electron chi connectivity index (χ2n) is 6.19. The number of likely N-dealkylation sites (N-methyl/N-ethyl adjacent to an activating group) is 1. The molecule has 2 aromatic rings. The molecule has 0 bridgehead atoms. The Labute approximate surface area is 127 Å². The molecule has 0 unspecified atom stereocenters. The van der Waals surface area contributed by atoms with Crippen LogP contribution in [0.15, 0.2) is 9.59 Å². The van der Waals surface area contributed by atoms with E-state index in [1.54, 1.807) is 7.05 Å². The number of aryl methyl sites for hydroxylation is 1. The minimum absolute atomic E-state index is 0.313. The van der Waals surface area contributed by atoms with Crippen LogP contribution < -0.4 is 11.2 Å². The number of nitrogens with zero attached hydrogens (tertiary/aromatic N) is 4. The Bertz CT molecular complexity index is 814. The SMILES string of the molecule is CN(Cc1nc2c([nH]1)c(=O)n(C)c(=O)n2C)C[C@H](O)C1CC1. The van der Waals surface area contributed by atoms with E-state index in [2.05, 4.69) is 9.97 Å². The predicted octanol–water partition coefficient (Wildman–Crippen LogP) is -0.837. The second kappa shape index (κ2) is 5.36. The maximum atomic E-state index is 12.1. The van der Waals surface area contributed by atoms with E-state index in [0.717, 1.165) is 17.4 Å². The summed E-state index contributed by atoms with van der Waals surface area (Å²) < 4.78 is 2.42. The van der Waals surface area contributed by atoms with Crippen LogP contribution in [-0.2, 0) is 20.6 Å². The van der Waals surface area contributed by atoms with Gasteiger partial charge in [0, 0.05) is 20.6 Å². The number of fused-ring (bicyclic) bond motifs is 1. The first kappa shape index (κ1) is 15.0. The summed E-state index contributed by atoms with van der Waals surface area (Å²) in [6.45, 7) is 1.05. The lowest BCUT2D eigenvalue weighted by Gasteiger charge is -2.18. The molecular formula is C14H21N5O3. The first-order valence-corrected chi connectivity index (χ1v) is 7.39. The van der Waals surface area contributed by atoms with E-state index >= 15 is 0 Å². The Balaban J connectivity index is 1.86. The Morgan fingerprint density at radius 3 is 2.68 bits per heavy atom. The number of hydrogen-bond donors (Lipinski definition) is 2. The highest BCUT2D eigenvalue weighted by Crippen LogP contribution is 2.32. The molecule has 0 saturated heterocycles. The van der Waals surface area contributed by atoms with Crippen molar-refractivity contribution in [3.8, 4) is 0 Å². The van der Waals surface area contributed by atoms with Crippen LogP contribution in [0.25, 0.3) is 11.2 Å². The molecule has 120 valence electrons. The molecule has 0 amide bonds. The summed E-state index contributed by atoms with van der Waals surface area (Å²) in [4.78, 5) is 33.3. The van der Waals surface area contributed by atoms with Gasteiger partial charge in [0.05, 0.1) is 12.6 Å². The number of aromatic amines is 1. The normalized spacial score (nSPS) is 16.6. The first-order chi connectivity index (χ1) is 10.4. The molecule has 2 heterocycles. The van der Waals surface area contributed by atoms with Crippen LogP contribution in [0.3, 0.4) is 0 Å². The average Bonchev–Trinajstić information content (AvgIpc) is 3.24. The monoisotopic (exact) mass is 307 g/mol. The van der Waals surface area contributed by atoms with Crippen LogP contribution in [0, 0.1) is 5.92 Å². The molecule has 0 spiro atoms. The van der Waals surface area contributed by atoms with Crippen molar-refractivity contribution < 1.29 is 5.11 Å². The molecule has 1 fully saturated rings. The molecule has 1 aliphatic rings. The molecule has 0 aromatic carbocycles. The molecule has 2 aromatic heterocycles. The Kier molecular flexibility index (Phi) is 3.65. The van der Waals surface area contributed by atoms with Crippen molar-refractivity contribution in [2.24, 2.45) is 20.0 Å². The average molecular weight is 307 g/mol. The van der Waals surface area contributed by atoms with Gasteiger partial charge in [-0.05, 0) is 25.8 Å². The quantitative estimate of drug-likeness (QED) is 0.751. The molecule has 8 heteroatoms. The number of nitrogens with one attached hydrogen (secondary N) is 1. The van der Waals surface area contributed by atoms with Crippen molar-refractivity contribution in [2.45, 2.75) is 25.5 Å². The van der Waals surface area contributed by atoms with Crippen LogP contribution in [0.5, 0.6) is 0 Å². The highest BCUT2D eigenvalue weighted by molar-refractivity contribution is 5.69. The van der Waals surface area contributed by atoms with Crippen LogP contribution in [0.4, 0.5) is 0 Å². The minimum Gasteiger partial charge on any atom is -0.392 e. The van der Waals surface area contributed by atoms with Gasteiger partial charge in [0.1, 0.15) is 11.3 Å². The Hall–Kier alpha value is -1.93. The minimum atomic E-state index is -0.395. The lowest BCUT2D eigenvalue weighted by atomic mass is 10.2. The molecule has 3 rings (SSSR count). The zero-order valence-corrected chi connectivity index (χ0v) is 13.0. The number of imidazole rings is 1. The highest BCUT2D eigenvalue weighted by Gasteiger charge is 2.30. The fourth-order valence-corrected chi connectivity index (χ4v) is 2.72. The zero-order valence-electron chi connectivity index (χ0n) is 13.0. The van der Waals surface area contributed by atoms with Gasteiger partial charge in [0.25, 0.3) is 5.56 Å². The van der Waals surface area contributed by atoms with Crippen molar-refractivity contribution >= 4 is 11.2 Å². The van der Waals surface area contributed by atoms with Gasteiger partial charge in [-0.2, -0.15) is 0 Å². The number of H-pyrrole nitrogens is 1. The van der Waals surface area contributed by atoms with Crippen LogP contribution in [0.2, 0.25) is 0 Å². The van der Waals surface area contributed by atoms with Crippen LogP contribution >= 0.6 is 0 Å². The third-order valence-electron chi connectivity index (χ3n) is 4.23. The Morgan fingerprint density at radius 2 is 2.05 bits per heavy atom. The van der Waals surface area contributed by atoms with E-state index in [1.165, 1.54) is 11.6 Å². The summed E-state index contributed by atoms with van der Waals surface area (Å²) in [5.74, 6) is 1.03. The van der Waals surface area contributed by atoms with Gasteiger partial charge in [-0.3, -0.25) is 18.8 Å². The predicted molar refractivity (Wildman–Crippen MR) is 81.6 cm³/mol. The van der Waals surface area contributed by atoms with E-state index in [4.69, 9.17) is 0 Å². The molecule has 0 aliphatic heterocycles. The lowest BCUT2D eigenvalue weighted by Crippen LogP contribution is -2.36. The molecule has 8 nitrogen and oxygen atoms in total. The van der Waals surface area contributed by atoms with Crippen molar-refractivity contribution in [1.29, 1.82) is 0 Å². The second-order valence-corrected chi connectivity index (χ2v) is 6.19. The maximum Gasteiger partial charge on any atom is 0.332 e. The number of aliphatic hydroxyl groups excluding tert-OH is 1. The van der Waals surface area contributed by atoms with Crippen molar-refractivity contribution in [3.05, 3.63) is 26.7 Å². The van der Waals surface area contributed by atoms with E-state index in [1.807, 2.05) is 11.9 Å². The third-order valence-corrected chi connectivity index (χ3v) is 4.23. The fourth-order valence-electron chi connectivity index (χ4n) is 2.72. The largest absolute Gasteiger partial charge is 0.392 e. The molecule has 1 saturated carbocycles. The van der Waals surface area contributed by atoms with Crippen molar-refractivity contribution in [3.63, 3.8) is 0 Å². The summed E-state index contributed by atoms with van der Waals surface area (Å²) in [5.41, 5.74) is -0.0828. The number of hydrogen-bond acceptors (Lipinski definition) is 5. The molecule has 0 radical (unpaired) electrons. The highest BCUT2D eigenvalue weighted by atomic mass is 16.3. The van der Waals surface area contributed by atoms with Gasteiger partial charge in [-0.25, -0.2) is 9.78 Å². The molecule has 22 heavy (non-hydrogen) atoms. The zero-order chi connectivity index (χ0) is 16.0. The molecule has 1 aliphatic carbocycles. The summed E-state index contributed by atoms with van der Waals surface area (Å²) in [6.07, 6.45) is 1.88. The number of rotatable bonds is 5. The van der Waals surface area contributed by atoms with Gasteiger partial charge in [0.15, 0.2) is 5.65 Å². The maximum absolute atomic E-state index is 12.1.